The zero-order chi connectivity index (χ0) is 32.3. The molecule has 2 N–H and O–H groups in total. The van der Waals surface area contributed by atoms with Crippen LogP contribution in [0.5, 0.6) is 0 Å². The quantitative estimate of drug-likeness (QED) is 0.164. The number of rotatable bonds is 10. The summed E-state index contributed by atoms with van der Waals surface area (Å²) in [7, 11) is -1.59. The molecular weight excluding hydrogens is 596 g/mol. The highest BCUT2D eigenvalue weighted by molar-refractivity contribution is 7.92. The fourth-order valence-electron chi connectivity index (χ4n) is 6.01. The molecule has 5 aromatic rings. The molecule has 0 saturated carbocycles. The van der Waals surface area contributed by atoms with Gasteiger partial charge >= 0.3 is 0 Å². The first-order chi connectivity index (χ1) is 22.2. The summed E-state index contributed by atoms with van der Waals surface area (Å²) in [5.74, 6) is 0.0273. The number of anilines is 1. The molecule has 1 fully saturated rings. The van der Waals surface area contributed by atoms with Crippen molar-refractivity contribution in [1.82, 2.24) is 4.90 Å². The van der Waals surface area contributed by atoms with Crippen molar-refractivity contribution in [3.63, 3.8) is 0 Å². The number of aliphatic hydroxyl groups is 1. The van der Waals surface area contributed by atoms with Gasteiger partial charge < -0.3 is 14.6 Å². The maximum absolute atomic E-state index is 12.9. The van der Waals surface area contributed by atoms with Gasteiger partial charge in [0, 0.05) is 29.8 Å². The van der Waals surface area contributed by atoms with Crippen molar-refractivity contribution in [3.05, 3.63) is 144 Å². The maximum atomic E-state index is 12.9. The number of nitrogens with zero attached hydrogens (tertiary/aromatic N) is 1. The molecule has 46 heavy (non-hydrogen) atoms. The van der Waals surface area contributed by atoms with Crippen molar-refractivity contribution in [2.24, 2.45) is 5.92 Å². The largest absolute Gasteiger partial charge is 0.392 e. The summed E-state index contributed by atoms with van der Waals surface area (Å²) in [6.45, 7) is 5.02. The zero-order valence-corrected chi connectivity index (χ0v) is 27.1. The number of likely N-dealkylation sites (N-methyl/N-ethyl adjacent to an activating group) is 1. The Hall–Kier alpha value is -4.05. The van der Waals surface area contributed by atoms with E-state index in [2.05, 4.69) is 73.0 Å². The molecular formula is C38H40N2O5S. The van der Waals surface area contributed by atoms with Gasteiger partial charge in [0.15, 0.2) is 6.29 Å². The molecule has 0 unspecified atom stereocenters. The lowest BCUT2D eigenvalue weighted by atomic mass is 9.89. The highest BCUT2D eigenvalue weighted by Gasteiger charge is 2.39. The molecule has 1 aliphatic heterocycles. The zero-order valence-electron chi connectivity index (χ0n) is 26.3. The van der Waals surface area contributed by atoms with E-state index in [1.165, 1.54) is 16.3 Å². The van der Waals surface area contributed by atoms with E-state index in [1.54, 1.807) is 42.5 Å². The summed E-state index contributed by atoms with van der Waals surface area (Å²) in [6, 6.07) is 38.5. The van der Waals surface area contributed by atoms with Crippen LogP contribution in [0.2, 0.25) is 0 Å². The van der Waals surface area contributed by atoms with Crippen LogP contribution in [0.25, 0.3) is 10.8 Å². The maximum Gasteiger partial charge on any atom is 0.261 e. The topological polar surface area (TPSA) is 88.1 Å². The summed E-state index contributed by atoms with van der Waals surface area (Å²) in [6.07, 6.45) is -1.07. The van der Waals surface area contributed by atoms with Crippen LogP contribution in [0.1, 0.15) is 54.5 Å². The van der Waals surface area contributed by atoms with Crippen LogP contribution in [-0.2, 0) is 26.1 Å². The number of benzene rings is 5. The molecule has 0 bridgehead atoms. The molecule has 0 aliphatic carbocycles. The minimum Gasteiger partial charge on any atom is -0.392 e. The Morgan fingerprint density at radius 3 is 2.15 bits per heavy atom. The molecule has 7 nitrogen and oxygen atoms in total. The summed E-state index contributed by atoms with van der Waals surface area (Å²) in [5, 5.41) is 12.0. The van der Waals surface area contributed by atoms with Crippen molar-refractivity contribution >= 4 is 26.5 Å². The van der Waals surface area contributed by atoms with E-state index < -0.39 is 16.3 Å². The second-order valence-electron chi connectivity index (χ2n) is 12.1. The van der Waals surface area contributed by atoms with Gasteiger partial charge in [-0.1, -0.05) is 97.9 Å². The second-order valence-corrected chi connectivity index (χ2v) is 13.8. The van der Waals surface area contributed by atoms with Gasteiger partial charge in [0.1, 0.15) is 0 Å². The minimum absolute atomic E-state index is 0.0203. The molecule has 1 aliphatic rings. The summed E-state index contributed by atoms with van der Waals surface area (Å²) in [4.78, 5) is 2.52. The van der Waals surface area contributed by atoms with Gasteiger partial charge in [-0.15, -0.1) is 0 Å². The van der Waals surface area contributed by atoms with Gasteiger partial charge in [-0.2, -0.15) is 0 Å². The predicted octanol–water partition coefficient (Wildman–Crippen LogP) is 7.62. The Kier molecular flexibility index (Phi) is 9.54. The van der Waals surface area contributed by atoms with Crippen LogP contribution in [-0.4, -0.2) is 38.1 Å². The molecule has 5 aromatic carbocycles. The molecule has 238 valence electrons. The van der Waals surface area contributed by atoms with Crippen LogP contribution in [0.4, 0.5) is 5.69 Å². The predicted molar refractivity (Wildman–Crippen MR) is 182 cm³/mol. The highest BCUT2D eigenvalue weighted by atomic mass is 32.2. The average molecular weight is 637 g/mol. The standard InChI is InChI=1S/C38H40N2O5S/c1-26-36(24-40(3)27(2)32-18-17-29-9-7-8-10-33(29)23-32)44-38(45-37(26)30-15-13-28(25-41)14-16-30)31-19-21-34(22-20-31)39-46(42,43)35-11-5-4-6-12-35/h4-23,26-27,36-39,41H,24-25H2,1-3H3/t26-,27-,36+,37+,38+/m1/s1. The van der Waals surface area contributed by atoms with Crippen molar-refractivity contribution in [3.8, 4) is 0 Å². The first-order valence-electron chi connectivity index (χ1n) is 15.6. The third-order valence-corrected chi connectivity index (χ3v) is 10.4. The SMILES string of the molecule is C[C@@H]1[C@H](CN(C)[C@H](C)c2ccc3ccccc3c2)O[C@H](c2ccc(NS(=O)(=O)c3ccccc3)cc2)O[C@@H]1c1ccc(CO)cc1. The van der Waals surface area contributed by atoms with Crippen molar-refractivity contribution < 1.29 is 23.0 Å². The van der Waals surface area contributed by atoms with Crippen LogP contribution < -0.4 is 4.72 Å². The Labute approximate surface area is 271 Å². The summed E-state index contributed by atoms with van der Waals surface area (Å²) < 4.78 is 41.7. The number of fused-ring (bicyclic) bond motifs is 1. The summed E-state index contributed by atoms with van der Waals surface area (Å²) in [5.41, 5.74) is 4.34. The Bertz CT molecular complexity index is 1860. The number of nitrogens with one attached hydrogen (secondary N) is 1. The van der Waals surface area contributed by atoms with E-state index in [4.69, 9.17) is 9.47 Å². The van der Waals surface area contributed by atoms with Crippen LogP contribution >= 0.6 is 0 Å². The van der Waals surface area contributed by atoms with E-state index in [9.17, 15) is 13.5 Å². The molecule has 0 aromatic heterocycles. The monoisotopic (exact) mass is 636 g/mol. The van der Waals surface area contributed by atoms with E-state index >= 15 is 0 Å². The lowest BCUT2D eigenvalue weighted by molar-refractivity contribution is -0.276. The second kappa shape index (κ2) is 13.7. The van der Waals surface area contributed by atoms with Crippen LogP contribution in [0.15, 0.2) is 126 Å². The lowest BCUT2D eigenvalue weighted by Crippen LogP contribution is -2.44. The van der Waals surface area contributed by atoms with Crippen molar-refractivity contribution in [1.29, 1.82) is 0 Å². The van der Waals surface area contributed by atoms with Crippen LogP contribution in [0, 0.1) is 5.92 Å². The van der Waals surface area contributed by atoms with E-state index in [0.717, 1.165) is 16.7 Å². The third kappa shape index (κ3) is 7.02. The van der Waals surface area contributed by atoms with E-state index in [1.807, 2.05) is 36.4 Å². The van der Waals surface area contributed by atoms with Gasteiger partial charge in [0.25, 0.3) is 10.0 Å². The number of aliphatic hydroxyl groups excluding tert-OH is 1. The average Bonchev–Trinajstić information content (AvgIpc) is 3.09. The van der Waals surface area contributed by atoms with Gasteiger partial charge in [0.2, 0.25) is 0 Å². The van der Waals surface area contributed by atoms with E-state index in [-0.39, 0.29) is 35.7 Å². The van der Waals surface area contributed by atoms with E-state index in [0.29, 0.717) is 12.2 Å². The molecule has 6 rings (SSSR count). The molecule has 0 amide bonds. The molecule has 1 heterocycles. The van der Waals surface area contributed by atoms with Crippen molar-refractivity contribution in [2.75, 3.05) is 18.3 Å². The van der Waals surface area contributed by atoms with Crippen LogP contribution in [0.3, 0.4) is 0 Å². The Balaban J connectivity index is 1.23. The Morgan fingerprint density at radius 2 is 1.46 bits per heavy atom. The molecule has 1 saturated heterocycles. The van der Waals surface area contributed by atoms with Gasteiger partial charge in [-0.25, -0.2) is 8.42 Å². The summed E-state index contributed by atoms with van der Waals surface area (Å²) >= 11 is 0. The third-order valence-electron chi connectivity index (χ3n) is 9.00. The minimum atomic E-state index is -3.71. The fourth-order valence-corrected chi connectivity index (χ4v) is 7.09. The fraction of sp³-hybridized carbons (Fsp3) is 0.263. The van der Waals surface area contributed by atoms with Crippen molar-refractivity contribution in [2.45, 2.75) is 49.9 Å². The van der Waals surface area contributed by atoms with Gasteiger partial charge in [-0.3, -0.25) is 9.62 Å². The first kappa shape index (κ1) is 31.9. The molecule has 8 heteroatoms. The molecule has 0 spiro atoms. The molecule has 0 radical (unpaired) electrons. The first-order valence-corrected chi connectivity index (χ1v) is 17.1. The number of ether oxygens (including phenoxy) is 2. The number of hydrogen-bond donors (Lipinski definition) is 2. The normalized spacial score (nSPS) is 20.9. The smallest absolute Gasteiger partial charge is 0.261 e. The Morgan fingerprint density at radius 1 is 0.804 bits per heavy atom. The molecule has 5 atom stereocenters. The number of sulfonamides is 1. The van der Waals surface area contributed by atoms with Gasteiger partial charge in [-0.05, 0) is 71.8 Å². The number of hydrogen-bond acceptors (Lipinski definition) is 6. The lowest BCUT2D eigenvalue weighted by Gasteiger charge is -2.43. The highest BCUT2D eigenvalue weighted by Crippen LogP contribution is 2.42. The van der Waals surface area contributed by atoms with Gasteiger partial charge in [0.05, 0.1) is 23.7 Å².